The number of benzene rings is 1. The van der Waals surface area contributed by atoms with Crippen molar-refractivity contribution in [3.05, 3.63) is 24.0 Å². The Balaban J connectivity index is 1.99. The van der Waals surface area contributed by atoms with Crippen molar-refractivity contribution < 1.29 is 18.7 Å². The fraction of sp³-hybridized carbons (Fsp3) is 0.417. The molecule has 5 heteroatoms. The zero-order valence-electron chi connectivity index (χ0n) is 9.53. The number of carbonyl (C=O) groups excluding carboxylic acids is 1. The average Bonchev–Trinajstić information content (AvgIpc) is 2.29. The van der Waals surface area contributed by atoms with E-state index in [0.717, 1.165) is 0 Å². The van der Waals surface area contributed by atoms with Crippen LogP contribution in [0.2, 0.25) is 0 Å². The molecule has 1 aliphatic heterocycles. The van der Waals surface area contributed by atoms with Crippen molar-refractivity contribution in [2.45, 2.75) is 19.4 Å². The van der Waals surface area contributed by atoms with Crippen LogP contribution in [0.15, 0.2) is 18.2 Å². The molecule has 0 spiro atoms. The minimum absolute atomic E-state index is 0.132. The van der Waals surface area contributed by atoms with E-state index in [1.165, 1.54) is 12.1 Å². The summed E-state index contributed by atoms with van der Waals surface area (Å²) in [6, 6.07) is 4.14. The largest absolute Gasteiger partial charge is 0.489 e. The lowest BCUT2D eigenvalue weighted by atomic mass is 10.1. The van der Waals surface area contributed by atoms with E-state index in [-0.39, 0.29) is 24.2 Å². The monoisotopic (exact) mass is 239 g/mol. The van der Waals surface area contributed by atoms with Crippen LogP contribution in [-0.4, -0.2) is 25.2 Å². The molecule has 0 aromatic heterocycles. The third-order valence-corrected chi connectivity index (χ3v) is 2.46. The first kappa shape index (κ1) is 11.7. The maximum absolute atomic E-state index is 12.9. The molecule has 0 radical (unpaired) electrons. The average molecular weight is 239 g/mol. The molecule has 17 heavy (non-hydrogen) atoms. The quantitative estimate of drug-likeness (QED) is 0.819. The Morgan fingerprint density at radius 1 is 1.65 bits per heavy atom. The van der Waals surface area contributed by atoms with Crippen molar-refractivity contribution in [2.75, 3.05) is 18.5 Å². The molecule has 0 saturated carbocycles. The Bertz CT molecular complexity index is 422. The third kappa shape index (κ3) is 2.87. The van der Waals surface area contributed by atoms with Crippen LogP contribution >= 0.6 is 0 Å². The second kappa shape index (κ2) is 5.03. The van der Waals surface area contributed by atoms with E-state index in [1.807, 2.05) is 0 Å². The van der Waals surface area contributed by atoms with Gasteiger partial charge >= 0.3 is 5.97 Å². The van der Waals surface area contributed by atoms with Crippen molar-refractivity contribution in [3.8, 4) is 5.75 Å². The summed E-state index contributed by atoms with van der Waals surface area (Å²) >= 11 is 0. The fourth-order valence-electron chi connectivity index (χ4n) is 1.72. The van der Waals surface area contributed by atoms with Crippen molar-refractivity contribution in [1.82, 2.24) is 0 Å². The lowest BCUT2D eigenvalue weighted by molar-refractivity contribution is -0.143. The van der Waals surface area contributed by atoms with Gasteiger partial charge in [-0.1, -0.05) is 0 Å². The van der Waals surface area contributed by atoms with Crippen LogP contribution in [0.3, 0.4) is 0 Å². The molecule has 4 nitrogen and oxygen atoms in total. The Morgan fingerprint density at radius 3 is 3.24 bits per heavy atom. The molecule has 1 heterocycles. The number of halogens is 1. The molecular weight excluding hydrogens is 225 g/mol. The van der Waals surface area contributed by atoms with Gasteiger partial charge in [0.1, 0.15) is 18.2 Å². The Morgan fingerprint density at radius 2 is 2.47 bits per heavy atom. The van der Waals surface area contributed by atoms with E-state index in [9.17, 15) is 9.18 Å². The summed E-state index contributed by atoms with van der Waals surface area (Å²) in [6.45, 7) is 2.46. The molecule has 1 aromatic carbocycles. The predicted molar refractivity (Wildman–Crippen MR) is 60.6 cm³/mol. The second-order valence-electron chi connectivity index (χ2n) is 3.80. The Kier molecular flexibility index (Phi) is 3.46. The van der Waals surface area contributed by atoms with Gasteiger partial charge in [-0.2, -0.15) is 0 Å². The third-order valence-electron chi connectivity index (χ3n) is 2.46. The first-order valence-electron chi connectivity index (χ1n) is 5.53. The van der Waals surface area contributed by atoms with Crippen LogP contribution in [0, 0.1) is 5.82 Å². The first-order valence-corrected chi connectivity index (χ1v) is 5.53. The van der Waals surface area contributed by atoms with E-state index in [2.05, 4.69) is 5.32 Å². The van der Waals surface area contributed by atoms with Gasteiger partial charge in [-0.25, -0.2) is 4.39 Å². The van der Waals surface area contributed by atoms with Gasteiger partial charge in [-0.15, -0.1) is 0 Å². The lowest BCUT2D eigenvalue weighted by Gasteiger charge is -2.26. The lowest BCUT2D eigenvalue weighted by Crippen LogP contribution is -2.34. The summed E-state index contributed by atoms with van der Waals surface area (Å²) in [7, 11) is 0. The first-order chi connectivity index (χ1) is 8.19. The topological polar surface area (TPSA) is 47.6 Å². The summed E-state index contributed by atoms with van der Waals surface area (Å²) in [4.78, 5) is 11.3. The highest BCUT2D eigenvalue weighted by Gasteiger charge is 2.22. The highest BCUT2D eigenvalue weighted by molar-refractivity contribution is 5.71. The molecule has 1 atom stereocenters. The standard InChI is InChI=1S/C12H14FNO3/c1-2-16-12(15)6-9-7-17-11-5-8(13)3-4-10(11)14-9/h3-5,9,14H,2,6-7H2,1H3/t9-/m1/s1. The number of esters is 1. The number of carbonyl (C=O) groups is 1. The zero-order chi connectivity index (χ0) is 12.3. The molecule has 1 aliphatic rings. The molecular formula is C12H14FNO3. The predicted octanol–water partition coefficient (Wildman–Crippen LogP) is 1.95. The van der Waals surface area contributed by atoms with Crippen molar-refractivity contribution in [3.63, 3.8) is 0 Å². The van der Waals surface area contributed by atoms with E-state index < -0.39 is 0 Å². The molecule has 0 bridgehead atoms. The van der Waals surface area contributed by atoms with E-state index in [4.69, 9.17) is 9.47 Å². The normalized spacial score (nSPS) is 17.6. The highest BCUT2D eigenvalue weighted by atomic mass is 19.1. The van der Waals surface area contributed by atoms with Crippen LogP contribution < -0.4 is 10.1 Å². The van der Waals surface area contributed by atoms with E-state index in [1.54, 1.807) is 13.0 Å². The molecule has 92 valence electrons. The van der Waals surface area contributed by atoms with Crippen molar-refractivity contribution in [1.29, 1.82) is 0 Å². The van der Waals surface area contributed by atoms with Crippen molar-refractivity contribution >= 4 is 11.7 Å². The van der Waals surface area contributed by atoms with Crippen LogP contribution in [0.25, 0.3) is 0 Å². The molecule has 1 N–H and O–H groups in total. The number of anilines is 1. The van der Waals surface area contributed by atoms with Gasteiger partial charge in [0.05, 0.1) is 24.8 Å². The zero-order valence-corrected chi connectivity index (χ0v) is 9.53. The van der Waals surface area contributed by atoms with Crippen LogP contribution in [-0.2, 0) is 9.53 Å². The number of rotatable bonds is 3. The van der Waals surface area contributed by atoms with Gasteiger partial charge in [0.2, 0.25) is 0 Å². The number of ether oxygens (including phenoxy) is 2. The SMILES string of the molecule is CCOC(=O)C[C@@H]1COc2cc(F)ccc2N1. The van der Waals surface area contributed by atoms with Crippen molar-refractivity contribution in [2.24, 2.45) is 0 Å². The second-order valence-corrected chi connectivity index (χ2v) is 3.80. The van der Waals surface area contributed by atoms with Gasteiger partial charge in [-0.05, 0) is 19.1 Å². The number of nitrogens with one attached hydrogen (secondary N) is 1. The summed E-state index contributed by atoms with van der Waals surface area (Å²) in [6.07, 6.45) is 0.241. The summed E-state index contributed by atoms with van der Waals surface area (Å²) in [5, 5.41) is 3.12. The minimum Gasteiger partial charge on any atom is -0.489 e. The Hall–Kier alpha value is -1.78. The molecule has 1 aromatic rings. The summed E-state index contributed by atoms with van der Waals surface area (Å²) in [5.41, 5.74) is 0.701. The van der Waals surface area contributed by atoms with E-state index in [0.29, 0.717) is 24.7 Å². The molecule has 0 saturated heterocycles. The van der Waals surface area contributed by atoms with Gasteiger partial charge in [0, 0.05) is 6.07 Å². The van der Waals surface area contributed by atoms with Gasteiger partial charge < -0.3 is 14.8 Å². The minimum atomic E-state index is -0.339. The van der Waals surface area contributed by atoms with Crippen LogP contribution in [0.5, 0.6) is 5.75 Å². The maximum atomic E-state index is 12.9. The van der Waals surface area contributed by atoms with Gasteiger partial charge in [0.25, 0.3) is 0 Å². The number of hydrogen-bond acceptors (Lipinski definition) is 4. The van der Waals surface area contributed by atoms with Gasteiger partial charge in [0.15, 0.2) is 0 Å². The van der Waals surface area contributed by atoms with Crippen LogP contribution in [0.1, 0.15) is 13.3 Å². The number of hydrogen-bond donors (Lipinski definition) is 1. The maximum Gasteiger partial charge on any atom is 0.307 e. The molecule has 0 unspecified atom stereocenters. The fourth-order valence-corrected chi connectivity index (χ4v) is 1.72. The summed E-state index contributed by atoms with van der Waals surface area (Å²) in [5.74, 6) is -0.126. The number of fused-ring (bicyclic) bond motifs is 1. The Labute approximate surface area is 98.7 Å². The van der Waals surface area contributed by atoms with Crippen LogP contribution in [0.4, 0.5) is 10.1 Å². The highest BCUT2D eigenvalue weighted by Crippen LogP contribution is 2.30. The smallest absolute Gasteiger partial charge is 0.307 e. The molecule has 0 fully saturated rings. The van der Waals surface area contributed by atoms with Gasteiger partial charge in [-0.3, -0.25) is 4.79 Å². The molecule has 0 aliphatic carbocycles. The van der Waals surface area contributed by atoms with E-state index >= 15 is 0 Å². The summed E-state index contributed by atoms with van der Waals surface area (Å²) < 4.78 is 23.2. The molecule has 2 rings (SSSR count). The molecule has 0 amide bonds.